The van der Waals surface area contributed by atoms with E-state index in [1.165, 1.54) is 0 Å². The van der Waals surface area contributed by atoms with E-state index in [1.54, 1.807) is 13.3 Å². The Balaban J connectivity index is 2.17. The molecule has 2 rings (SSSR count). The van der Waals surface area contributed by atoms with Gasteiger partial charge >= 0.3 is 0 Å². The first-order valence-corrected chi connectivity index (χ1v) is 6.95. The number of aromatic nitrogens is 1. The number of hydrogen-bond acceptors (Lipinski definition) is 4. The molecule has 0 bridgehead atoms. The predicted octanol–water partition coefficient (Wildman–Crippen LogP) is 2.92. The summed E-state index contributed by atoms with van der Waals surface area (Å²) < 4.78 is 11.2. The second kappa shape index (κ2) is 6.54. The van der Waals surface area contributed by atoms with Crippen LogP contribution in [0.25, 0.3) is 0 Å². The lowest BCUT2D eigenvalue weighted by Crippen LogP contribution is -2.09. The molecule has 0 amide bonds. The van der Waals surface area contributed by atoms with Gasteiger partial charge in [-0.05, 0) is 26.0 Å². The van der Waals surface area contributed by atoms with Crippen molar-refractivity contribution in [1.29, 1.82) is 0 Å². The molecule has 2 aromatic rings. The van der Waals surface area contributed by atoms with Crippen LogP contribution in [0.2, 0.25) is 0 Å². The highest BCUT2D eigenvalue weighted by atomic mass is 32.1. The van der Waals surface area contributed by atoms with E-state index in [9.17, 15) is 0 Å². The summed E-state index contributed by atoms with van der Waals surface area (Å²) in [6.45, 7) is 4.31. The van der Waals surface area contributed by atoms with Crippen molar-refractivity contribution in [2.75, 3.05) is 7.11 Å². The first-order chi connectivity index (χ1) is 10.0. The summed E-state index contributed by atoms with van der Waals surface area (Å²) in [5.74, 6) is 1.56. The fourth-order valence-corrected chi connectivity index (χ4v) is 2.23. The summed E-state index contributed by atoms with van der Waals surface area (Å²) in [6.07, 6.45) is 1.79. The van der Waals surface area contributed by atoms with Crippen molar-refractivity contribution < 1.29 is 9.47 Å². The summed E-state index contributed by atoms with van der Waals surface area (Å²) in [7, 11) is 1.66. The topological polar surface area (TPSA) is 57.4 Å². The van der Waals surface area contributed by atoms with Gasteiger partial charge in [0.25, 0.3) is 0 Å². The number of nitrogens with two attached hydrogens (primary N) is 1. The van der Waals surface area contributed by atoms with Gasteiger partial charge in [-0.3, -0.25) is 4.98 Å². The lowest BCUT2D eigenvalue weighted by atomic mass is 10.1. The lowest BCUT2D eigenvalue weighted by Gasteiger charge is -2.13. The normalized spacial score (nSPS) is 10.2. The maximum absolute atomic E-state index is 5.77. The zero-order valence-electron chi connectivity index (χ0n) is 12.3. The summed E-state index contributed by atoms with van der Waals surface area (Å²) in [4.78, 5) is 4.76. The Morgan fingerprint density at radius 2 is 2.10 bits per heavy atom. The average molecular weight is 302 g/mol. The molecule has 0 spiro atoms. The molecule has 5 heteroatoms. The van der Waals surface area contributed by atoms with Crippen molar-refractivity contribution in [3.05, 3.63) is 52.8 Å². The van der Waals surface area contributed by atoms with Crippen LogP contribution in [-0.4, -0.2) is 17.1 Å². The minimum atomic E-state index is 0.353. The van der Waals surface area contributed by atoms with Crippen molar-refractivity contribution in [3.8, 4) is 11.5 Å². The van der Waals surface area contributed by atoms with E-state index in [0.29, 0.717) is 17.3 Å². The van der Waals surface area contributed by atoms with Gasteiger partial charge in [0.05, 0.1) is 12.8 Å². The molecule has 0 aliphatic heterocycles. The van der Waals surface area contributed by atoms with Crippen LogP contribution in [0, 0.1) is 13.8 Å². The number of thiocarbonyl (C=S) groups is 1. The van der Waals surface area contributed by atoms with Gasteiger partial charge in [0.1, 0.15) is 23.1 Å². The predicted molar refractivity (Wildman–Crippen MR) is 86.9 cm³/mol. The van der Waals surface area contributed by atoms with Crippen LogP contribution in [-0.2, 0) is 6.61 Å². The maximum atomic E-state index is 5.77. The van der Waals surface area contributed by atoms with Crippen LogP contribution in [0.15, 0.2) is 30.5 Å². The molecule has 0 radical (unpaired) electrons. The molecule has 110 valence electrons. The van der Waals surface area contributed by atoms with Crippen LogP contribution < -0.4 is 15.2 Å². The number of methoxy groups -OCH3 is 1. The number of ether oxygens (including phenoxy) is 2. The molecule has 2 N–H and O–H groups in total. The van der Waals surface area contributed by atoms with Gasteiger partial charge in [0.15, 0.2) is 0 Å². The molecule has 1 aromatic heterocycles. The molecular formula is C16H18N2O2S. The number of nitrogens with zero attached hydrogens (tertiary/aromatic N) is 1. The standard InChI is InChI=1S/C16H18N2O2S/c1-10-8-18-14(11(2)15(10)19-3)9-20-13-6-4-5-12(7-13)16(17)21/h4-8H,9H2,1-3H3,(H2,17,21). The Hall–Kier alpha value is -2.14. The molecule has 4 nitrogen and oxygen atoms in total. The van der Waals surface area contributed by atoms with Gasteiger partial charge < -0.3 is 15.2 Å². The van der Waals surface area contributed by atoms with Crippen LogP contribution in [0.4, 0.5) is 0 Å². The third-order valence-electron chi connectivity index (χ3n) is 3.24. The molecule has 1 aromatic carbocycles. The van der Waals surface area contributed by atoms with Gasteiger partial charge in [0.2, 0.25) is 0 Å². The number of hydrogen-bond donors (Lipinski definition) is 1. The highest BCUT2D eigenvalue weighted by Crippen LogP contribution is 2.25. The Labute approximate surface area is 129 Å². The second-order valence-corrected chi connectivity index (χ2v) is 5.17. The van der Waals surface area contributed by atoms with Crippen molar-refractivity contribution in [3.63, 3.8) is 0 Å². The number of pyridine rings is 1. The molecule has 0 atom stereocenters. The first kappa shape index (κ1) is 15.3. The van der Waals surface area contributed by atoms with Crippen molar-refractivity contribution in [2.45, 2.75) is 20.5 Å². The van der Waals surface area contributed by atoms with Crippen LogP contribution >= 0.6 is 12.2 Å². The minimum absolute atomic E-state index is 0.353. The fourth-order valence-electron chi connectivity index (χ4n) is 2.11. The zero-order valence-corrected chi connectivity index (χ0v) is 13.2. The summed E-state index contributed by atoms with van der Waals surface area (Å²) in [6, 6.07) is 7.40. The van der Waals surface area contributed by atoms with E-state index in [2.05, 4.69) is 4.98 Å². The molecule has 0 fully saturated rings. The van der Waals surface area contributed by atoms with Gasteiger partial charge in [-0.2, -0.15) is 0 Å². The zero-order chi connectivity index (χ0) is 15.4. The van der Waals surface area contributed by atoms with E-state index < -0.39 is 0 Å². The Bertz CT molecular complexity index is 671. The fraction of sp³-hybridized carbons (Fsp3) is 0.250. The van der Waals surface area contributed by atoms with Crippen LogP contribution in [0.3, 0.4) is 0 Å². The quantitative estimate of drug-likeness (QED) is 0.861. The van der Waals surface area contributed by atoms with Crippen molar-refractivity contribution >= 4 is 17.2 Å². The van der Waals surface area contributed by atoms with Crippen LogP contribution in [0.5, 0.6) is 11.5 Å². The van der Waals surface area contributed by atoms with Gasteiger partial charge in [0, 0.05) is 22.9 Å². The SMILES string of the molecule is COc1c(C)cnc(COc2cccc(C(N)=S)c2)c1C. The number of rotatable bonds is 5. The maximum Gasteiger partial charge on any atom is 0.131 e. The number of aryl methyl sites for hydroxylation is 1. The van der Waals surface area contributed by atoms with E-state index in [-0.39, 0.29) is 0 Å². The molecule has 0 unspecified atom stereocenters. The molecule has 0 saturated heterocycles. The Kier molecular flexibility index (Phi) is 4.75. The second-order valence-electron chi connectivity index (χ2n) is 4.73. The van der Waals surface area contributed by atoms with Gasteiger partial charge in [-0.25, -0.2) is 0 Å². The minimum Gasteiger partial charge on any atom is -0.496 e. The molecule has 21 heavy (non-hydrogen) atoms. The smallest absolute Gasteiger partial charge is 0.131 e. The van der Waals surface area contributed by atoms with Crippen molar-refractivity contribution in [1.82, 2.24) is 4.98 Å². The molecule has 1 heterocycles. The first-order valence-electron chi connectivity index (χ1n) is 6.54. The summed E-state index contributed by atoms with van der Waals surface area (Å²) in [5.41, 5.74) is 9.24. The molecule has 0 saturated carbocycles. The van der Waals surface area contributed by atoms with E-state index >= 15 is 0 Å². The lowest BCUT2D eigenvalue weighted by molar-refractivity contribution is 0.298. The number of benzene rings is 1. The Morgan fingerprint density at radius 1 is 1.33 bits per heavy atom. The van der Waals surface area contributed by atoms with Crippen LogP contribution in [0.1, 0.15) is 22.4 Å². The molecule has 0 aliphatic carbocycles. The largest absolute Gasteiger partial charge is 0.496 e. The summed E-state index contributed by atoms with van der Waals surface area (Å²) in [5, 5.41) is 0. The Morgan fingerprint density at radius 3 is 2.76 bits per heavy atom. The van der Waals surface area contributed by atoms with Crippen molar-refractivity contribution in [2.24, 2.45) is 5.73 Å². The van der Waals surface area contributed by atoms with E-state index in [1.807, 2.05) is 38.1 Å². The highest BCUT2D eigenvalue weighted by Gasteiger charge is 2.10. The summed E-state index contributed by atoms with van der Waals surface area (Å²) >= 11 is 4.96. The molecule has 0 aliphatic rings. The van der Waals surface area contributed by atoms with Gasteiger partial charge in [-0.15, -0.1) is 0 Å². The van der Waals surface area contributed by atoms with E-state index in [4.69, 9.17) is 27.4 Å². The van der Waals surface area contributed by atoms with E-state index in [0.717, 1.165) is 28.1 Å². The van der Waals surface area contributed by atoms with Gasteiger partial charge in [-0.1, -0.05) is 24.4 Å². The third-order valence-corrected chi connectivity index (χ3v) is 3.48. The highest BCUT2D eigenvalue weighted by molar-refractivity contribution is 7.80. The third kappa shape index (κ3) is 3.49. The average Bonchev–Trinajstić information content (AvgIpc) is 2.47. The molecular weight excluding hydrogens is 284 g/mol. The monoisotopic (exact) mass is 302 g/mol.